The molecule has 4 heteroatoms. The standard InChI is InChI=1S/C17H24N2O2/c1-3-18-14-11-12(2)7-8-13(14)17(20)19-9-10-21-16-6-4-5-15(16)19/h7-8,11,15-16,18H,3-6,9-10H2,1-2H3. The molecule has 1 aromatic carbocycles. The highest BCUT2D eigenvalue weighted by molar-refractivity contribution is 6.00. The van der Waals surface area contributed by atoms with Crippen LogP contribution in [0.3, 0.4) is 0 Å². The molecule has 2 aliphatic rings. The Morgan fingerprint density at radius 3 is 3.10 bits per heavy atom. The first-order valence-electron chi connectivity index (χ1n) is 7.98. The number of hydrogen-bond donors (Lipinski definition) is 1. The van der Waals surface area contributed by atoms with E-state index in [9.17, 15) is 4.79 Å². The molecule has 1 aliphatic carbocycles. The SMILES string of the molecule is CCNc1cc(C)ccc1C(=O)N1CCOC2CCCC21. The summed E-state index contributed by atoms with van der Waals surface area (Å²) in [6, 6.07) is 6.29. The summed E-state index contributed by atoms with van der Waals surface area (Å²) >= 11 is 0. The highest BCUT2D eigenvalue weighted by Crippen LogP contribution is 2.31. The van der Waals surface area contributed by atoms with Crippen LogP contribution in [0.1, 0.15) is 42.1 Å². The maximum Gasteiger partial charge on any atom is 0.256 e. The number of benzene rings is 1. The molecule has 1 saturated heterocycles. The minimum Gasteiger partial charge on any atom is -0.385 e. The zero-order chi connectivity index (χ0) is 14.8. The number of carbonyl (C=O) groups excluding carboxylic acids is 1. The van der Waals surface area contributed by atoms with E-state index < -0.39 is 0 Å². The highest BCUT2D eigenvalue weighted by atomic mass is 16.5. The molecule has 0 spiro atoms. The van der Waals surface area contributed by atoms with E-state index in [-0.39, 0.29) is 18.1 Å². The third kappa shape index (κ3) is 2.77. The molecule has 0 bridgehead atoms. The summed E-state index contributed by atoms with van der Waals surface area (Å²) in [6.45, 7) is 6.29. The Morgan fingerprint density at radius 1 is 1.43 bits per heavy atom. The Kier molecular flexibility index (Phi) is 4.15. The second-order valence-electron chi connectivity index (χ2n) is 5.99. The van der Waals surface area contributed by atoms with Crippen molar-refractivity contribution in [2.24, 2.45) is 0 Å². The minimum absolute atomic E-state index is 0.145. The monoisotopic (exact) mass is 288 g/mol. The van der Waals surface area contributed by atoms with Crippen LogP contribution in [0.2, 0.25) is 0 Å². The van der Waals surface area contributed by atoms with Crippen molar-refractivity contribution in [3.63, 3.8) is 0 Å². The average molecular weight is 288 g/mol. The van der Waals surface area contributed by atoms with Gasteiger partial charge in [0.05, 0.1) is 24.3 Å². The summed E-state index contributed by atoms with van der Waals surface area (Å²) in [6.07, 6.45) is 3.56. The van der Waals surface area contributed by atoms with Crippen molar-refractivity contribution < 1.29 is 9.53 Å². The molecule has 2 fully saturated rings. The van der Waals surface area contributed by atoms with Gasteiger partial charge in [-0.2, -0.15) is 0 Å². The first-order chi connectivity index (χ1) is 10.2. The topological polar surface area (TPSA) is 41.6 Å². The zero-order valence-electron chi connectivity index (χ0n) is 12.9. The number of aryl methyl sites for hydroxylation is 1. The molecule has 1 amide bonds. The first-order valence-corrected chi connectivity index (χ1v) is 7.98. The van der Waals surface area contributed by atoms with E-state index in [1.165, 1.54) is 5.56 Å². The lowest BCUT2D eigenvalue weighted by Crippen LogP contribution is -2.51. The molecule has 0 aromatic heterocycles. The van der Waals surface area contributed by atoms with E-state index >= 15 is 0 Å². The summed E-state index contributed by atoms with van der Waals surface area (Å²) < 4.78 is 5.81. The van der Waals surface area contributed by atoms with Crippen molar-refractivity contribution in [2.45, 2.75) is 45.3 Å². The molecular weight excluding hydrogens is 264 g/mol. The Bertz CT molecular complexity index is 530. The lowest BCUT2D eigenvalue weighted by molar-refractivity contribution is -0.0445. The highest BCUT2D eigenvalue weighted by Gasteiger charge is 2.39. The Hall–Kier alpha value is -1.55. The predicted octanol–water partition coefficient (Wildman–Crippen LogP) is 2.82. The van der Waals surface area contributed by atoms with Crippen LogP contribution in [-0.4, -0.2) is 42.6 Å². The van der Waals surface area contributed by atoms with E-state index in [1.54, 1.807) is 0 Å². The van der Waals surface area contributed by atoms with E-state index in [0.29, 0.717) is 13.2 Å². The number of ether oxygens (including phenoxy) is 1. The van der Waals surface area contributed by atoms with Gasteiger partial charge in [-0.1, -0.05) is 6.07 Å². The van der Waals surface area contributed by atoms with E-state index in [4.69, 9.17) is 4.74 Å². The zero-order valence-corrected chi connectivity index (χ0v) is 12.9. The summed E-state index contributed by atoms with van der Waals surface area (Å²) in [7, 11) is 0. The summed E-state index contributed by atoms with van der Waals surface area (Å²) in [5, 5.41) is 3.32. The van der Waals surface area contributed by atoms with Gasteiger partial charge in [-0.3, -0.25) is 4.79 Å². The first kappa shape index (κ1) is 14.4. The van der Waals surface area contributed by atoms with Crippen LogP contribution >= 0.6 is 0 Å². The number of amides is 1. The average Bonchev–Trinajstić information content (AvgIpc) is 2.95. The third-order valence-corrected chi connectivity index (χ3v) is 4.52. The van der Waals surface area contributed by atoms with Crippen molar-refractivity contribution in [2.75, 3.05) is 25.0 Å². The number of morpholine rings is 1. The number of rotatable bonds is 3. The molecule has 3 rings (SSSR count). The van der Waals surface area contributed by atoms with Gasteiger partial charge < -0.3 is 15.0 Å². The van der Waals surface area contributed by atoms with Crippen molar-refractivity contribution >= 4 is 11.6 Å². The van der Waals surface area contributed by atoms with E-state index in [0.717, 1.165) is 37.1 Å². The molecule has 1 aliphatic heterocycles. The molecule has 1 heterocycles. The molecular formula is C17H24N2O2. The second kappa shape index (κ2) is 6.06. The predicted molar refractivity (Wildman–Crippen MR) is 83.8 cm³/mol. The third-order valence-electron chi connectivity index (χ3n) is 4.52. The number of nitrogens with one attached hydrogen (secondary N) is 1. The van der Waals surface area contributed by atoms with Gasteiger partial charge in [0.25, 0.3) is 5.91 Å². The van der Waals surface area contributed by atoms with Crippen LogP contribution in [0.4, 0.5) is 5.69 Å². The molecule has 21 heavy (non-hydrogen) atoms. The van der Waals surface area contributed by atoms with Crippen LogP contribution in [0.15, 0.2) is 18.2 Å². The van der Waals surface area contributed by atoms with Crippen LogP contribution in [0, 0.1) is 6.92 Å². The Morgan fingerprint density at radius 2 is 2.29 bits per heavy atom. The number of fused-ring (bicyclic) bond motifs is 1. The van der Waals surface area contributed by atoms with Gasteiger partial charge in [0.15, 0.2) is 0 Å². The molecule has 0 radical (unpaired) electrons. The normalized spacial score (nSPS) is 24.8. The number of nitrogens with zero attached hydrogens (tertiary/aromatic N) is 1. The molecule has 2 atom stereocenters. The van der Waals surface area contributed by atoms with Crippen molar-refractivity contribution in [1.82, 2.24) is 4.90 Å². The fourth-order valence-corrected chi connectivity index (χ4v) is 3.51. The Labute approximate surface area is 126 Å². The van der Waals surface area contributed by atoms with Crippen LogP contribution in [0.25, 0.3) is 0 Å². The van der Waals surface area contributed by atoms with Gasteiger partial charge in [0.1, 0.15) is 0 Å². The fraction of sp³-hybridized carbons (Fsp3) is 0.588. The van der Waals surface area contributed by atoms with E-state index in [2.05, 4.69) is 25.2 Å². The summed E-state index contributed by atoms with van der Waals surface area (Å²) in [5.74, 6) is 0.145. The summed E-state index contributed by atoms with van der Waals surface area (Å²) in [4.78, 5) is 15.0. The maximum atomic E-state index is 13.0. The largest absolute Gasteiger partial charge is 0.385 e. The molecule has 114 valence electrons. The van der Waals surface area contributed by atoms with Crippen LogP contribution in [0.5, 0.6) is 0 Å². The second-order valence-corrected chi connectivity index (χ2v) is 5.99. The quantitative estimate of drug-likeness (QED) is 0.930. The number of hydrogen-bond acceptors (Lipinski definition) is 3. The lowest BCUT2D eigenvalue weighted by atomic mass is 10.0. The summed E-state index contributed by atoms with van der Waals surface area (Å²) in [5.41, 5.74) is 2.90. The molecule has 2 unspecified atom stereocenters. The number of carbonyl (C=O) groups is 1. The molecule has 1 aromatic rings. The van der Waals surface area contributed by atoms with Gasteiger partial charge in [0.2, 0.25) is 0 Å². The van der Waals surface area contributed by atoms with Gasteiger partial charge >= 0.3 is 0 Å². The Balaban J connectivity index is 1.87. The van der Waals surface area contributed by atoms with Gasteiger partial charge in [0, 0.05) is 18.8 Å². The van der Waals surface area contributed by atoms with Gasteiger partial charge in [-0.05, 0) is 50.8 Å². The molecule has 1 N–H and O–H groups in total. The number of anilines is 1. The van der Waals surface area contributed by atoms with Crippen LogP contribution in [-0.2, 0) is 4.74 Å². The van der Waals surface area contributed by atoms with E-state index in [1.807, 2.05) is 17.0 Å². The smallest absolute Gasteiger partial charge is 0.256 e. The van der Waals surface area contributed by atoms with Gasteiger partial charge in [-0.15, -0.1) is 0 Å². The van der Waals surface area contributed by atoms with Crippen molar-refractivity contribution in [3.05, 3.63) is 29.3 Å². The van der Waals surface area contributed by atoms with Crippen LogP contribution < -0.4 is 5.32 Å². The lowest BCUT2D eigenvalue weighted by Gasteiger charge is -2.38. The van der Waals surface area contributed by atoms with Gasteiger partial charge in [-0.25, -0.2) is 0 Å². The molecule has 4 nitrogen and oxygen atoms in total. The van der Waals surface area contributed by atoms with Crippen molar-refractivity contribution in [1.29, 1.82) is 0 Å². The fourth-order valence-electron chi connectivity index (χ4n) is 3.51. The van der Waals surface area contributed by atoms with Crippen molar-refractivity contribution in [3.8, 4) is 0 Å². The minimum atomic E-state index is 0.145. The molecule has 1 saturated carbocycles. The maximum absolute atomic E-state index is 13.0.